The van der Waals surface area contributed by atoms with Crippen LogP contribution in [0.4, 0.5) is 0 Å². The van der Waals surface area contributed by atoms with Gasteiger partial charge >= 0.3 is 0 Å². The number of aryl methyl sites for hydroxylation is 1. The van der Waals surface area contributed by atoms with Crippen molar-refractivity contribution in [3.63, 3.8) is 0 Å². The van der Waals surface area contributed by atoms with E-state index in [1.54, 1.807) is 6.20 Å². The van der Waals surface area contributed by atoms with Crippen LogP contribution in [0.2, 0.25) is 0 Å². The molecule has 5 heteroatoms. The summed E-state index contributed by atoms with van der Waals surface area (Å²) in [6.07, 6.45) is 4.68. The molecule has 1 aromatic rings. The van der Waals surface area contributed by atoms with Gasteiger partial charge in [0.2, 0.25) is 0 Å². The predicted molar refractivity (Wildman–Crippen MR) is 65.7 cm³/mol. The maximum atomic E-state index is 11.8. The fourth-order valence-corrected chi connectivity index (χ4v) is 2.79. The molecule has 1 aromatic heterocycles. The minimum Gasteiger partial charge on any atom is -0.338 e. The van der Waals surface area contributed by atoms with Crippen LogP contribution in [0.15, 0.2) is 12.4 Å². The zero-order valence-electron chi connectivity index (χ0n) is 9.48. The second kappa shape index (κ2) is 5.50. The third-order valence-electron chi connectivity index (χ3n) is 2.75. The molecule has 1 aliphatic heterocycles. The summed E-state index contributed by atoms with van der Waals surface area (Å²) >= 11 is 1.92. The molecule has 1 fully saturated rings. The van der Waals surface area contributed by atoms with E-state index in [4.69, 9.17) is 0 Å². The molecule has 0 aliphatic carbocycles. The van der Waals surface area contributed by atoms with Crippen molar-refractivity contribution in [2.24, 2.45) is 7.05 Å². The largest absolute Gasteiger partial charge is 0.338 e. The Balaban J connectivity index is 1.82. The van der Waals surface area contributed by atoms with Crippen LogP contribution in [0.5, 0.6) is 0 Å². The third kappa shape index (κ3) is 3.09. The Kier molecular flexibility index (Phi) is 4.01. The molecular formula is C11H17N3OS. The lowest BCUT2D eigenvalue weighted by molar-refractivity contribution is -0.118. The summed E-state index contributed by atoms with van der Waals surface area (Å²) in [5.74, 6) is 3.33. The molecule has 4 nitrogen and oxygen atoms in total. The van der Waals surface area contributed by atoms with E-state index < -0.39 is 0 Å². The first-order valence-corrected chi connectivity index (χ1v) is 6.70. The van der Waals surface area contributed by atoms with Crippen molar-refractivity contribution in [2.75, 3.05) is 18.1 Å². The van der Waals surface area contributed by atoms with Crippen LogP contribution in [-0.2, 0) is 18.3 Å². The van der Waals surface area contributed by atoms with Gasteiger partial charge in [0.25, 0.3) is 0 Å². The van der Waals surface area contributed by atoms with E-state index in [0.29, 0.717) is 18.9 Å². The number of carbonyl (C=O) groups is 1. The van der Waals surface area contributed by atoms with Gasteiger partial charge < -0.3 is 9.88 Å². The Bertz CT molecular complexity index is 358. The average molecular weight is 239 g/mol. The minimum absolute atomic E-state index is 0.273. The number of rotatable bonds is 4. The van der Waals surface area contributed by atoms with Crippen LogP contribution in [0.1, 0.15) is 12.2 Å². The number of ketones is 1. The lowest BCUT2D eigenvalue weighted by atomic mass is 10.1. The molecule has 0 saturated carbocycles. The fraction of sp³-hybridized carbons (Fsp3) is 0.636. The van der Waals surface area contributed by atoms with E-state index in [2.05, 4.69) is 10.3 Å². The number of aromatic nitrogens is 2. The zero-order valence-corrected chi connectivity index (χ0v) is 10.3. The van der Waals surface area contributed by atoms with Crippen LogP contribution >= 0.6 is 11.8 Å². The maximum Gasteiger partial charge on any atom is 0.141 e. The van der Waals surface area contributed by atoms with E-state index >= 15 is 0 Å². The second-order valence-corrected chi connectivity index (χ2v) is 5.25. The summed E-state index contributed by atoms with van der Waals surface area (Å²) in [4.78, 5) is 16.0. The monoisotopic (exact) mass is 239 g/mol. The first-order chi connectivity index (χ1) is 7.75. The van der Waals surface area contributed by atoms with Crippen molar-refractivity contribution >= 4 is 17.5 Å². The number of nitrogens with zero attached hydrogens (tertiary/aromatic N) is 2. The number of carbonyl (C=O) groups excluding carboxylic acids is 1. The molecule has 0 bridgehead atoms. The standard InChI is InChI=1S/C11H17N3OS/c1-14-4-2-13-11(14)7-10(15)6-9-8-16-5-3-12-9/h2,4,9,12H,3,5-8H2,1H3. The number of hydrogen-bond acceptors (Lipinski definition) is 4. The summed E-state index contributed by atoms with van der Waals surface area (Å²) in [6, 6.07) is 0.353. The third-order valence-corrected chi connectivity index (χ3v) is 3.88. The second-order valence-electron chi connectivity index (χ2n) is 4.10. The van der Waals surface area contributed by atoms with E-state index in [1.165, 1.54) is 0 Å². The highest BCUT2D eigenvalue weighted by Gasteiger charge is 2.17. The summed E-state index contributed by atoms with van der Waals surface area (Å²) < 4.78 is 1.90. The van der Waals surface area contributed by atoms with Crippen LogP contribution in [0.25, 0.3) is 0 Å². The van der Waals surface area contributed by atoms with Gasteiger partial charge in [0.1, 0.15) is 11.6 Å². The van der Waals surface area contributed by atoms with Crippen molar-refractivity contribution in [3.8, 4) is 0 Å². The van der Waals surface area contributed by atoms with Gasteiger partial charge in [-0.25, -0.2) is 4.98 Å². The van der Waals surface area contributed by atoms with Gasteiger partial charge in [-0.2, -0.15) is 11.8 Å². The van der Waals surface area contributed by atoms with E-state index in [-0.39, 0.29) is 5.78 Å². The van der Waals surface area contributed by atoms with Gasteiger partial charge in [-0.3, -0.25) is 4.79 Å². The normalized spacial score (nSPS) is 20.9. The maximum absolute atomic E-state index is 11.8. The number of imidazole rings is 1. The first-order valence-electron chi connectivity index (χ1n) is 5.55. The van der Waals surface area contributed by atoms with Gasteiger partial charge in [-0.15, -0.1) is 0 Å². The smallest absolute Gasteiger partial charge is 0.141 e. The molecule has 1 N–H and O–H groups in total. The van der Waals surface area contributed by atoms with Gasteiger partial charge in [0, 0.05) is 50.0 Å². The molecule has 1 aliphatic rings. The summed E-state index contributed by atoms with van der Waals surface area (Å²) in [6.45, 7) is 1.02. The van der Waals surface area contributed by atoms with E-state index in [0.717, 1.165) is 23.9 Å². The van der Waals surface area contributed by atoms with Crippen molar-refractivity contribution in [1.29, 1.82) is 0 Å². The molecule has 0 aromatic carbocycles. The van der Waals surface area contributed by atoms with Crippen molar-refractivity contribution < 1.29 is 4.79 Å². The molecule has 1 atom stereocenters. The van der Waals surface area contributed by atoms with Gasteiger partial charge in [0.15, 0.2) is 0 Å². The Morgan fingerprint density at radius 2 is 2.62 bits per heavy atom. The highest BCUT2D eigenvalue weighted by Crippen LogP contribution is 2.11. The molecule has 0 spiro atoms. The van der Waals surface area contributed by atoms with Crippen molar-refractivity contribution in [3.05, 3.63) is 18.2 Å². The van der Waals surface area contributed by atoms with Crippen LogP contribution in [0, 0.1) is 0 Å². The average Bonchev–Trinajstić information content (AvgIpc) is 2.66. The zero-order chi connectivity index (χ0) is 11.4. The Morgan fingerprint density at radius 3 is 3.25 bits per heavy atom. The van der Waals surface area contributed by atoms with Crippen molar-refractivity contribution in [2.45, 2.75) is 18.9 Å². The summed E-state index contributed by atoms with van der Waals surface area (Å²) in [5, 5.41) is 3.38. The van der Waals surface area contributed by atoms with Crippen LogP contribution < -0.4 is 5.32 Å². The van der Waals surface area contributed by atoms with Gasteiger partial charge in [-0.1, -0.05) is 0 Å². The minimum atomic E-state index is 0.273. The summed E-state index contributed by atoms with van der Waals surface area (Å²) in [7, 11) is 1.92. The van der Waals surface area contributed by atoms with Crippen molar-refractivity contribution in [1.82, 2.24) is 14.9 Å². The Hall–Kier alpha value is -0.810. The van der Waals surface area contributed by atoms with Crippen LogP contribution in [0.3, 0.4) is 0 Å². The highest BCUT2D eigenvalue weighted by atomic mass is 32.2. The summed E-state index contributed by atoms with van der Waals surface area (Å²) in [5.41, 5.74) is 0. The van der Waals surface area contributed by atoms with Gasteiger partial charge in [-0.05, 0) is 0 Å². The number of thioether (sulfide) groups is 1. The molecule has 2 heterocycles. The number of nitrogens with one attached hydrogen (secondary N) is 1. The topological polar surface area (TPSA) is 46.9 Å². The van der Waals surface area contributed by atoms with E-state index in [9.17, 15) is 4.79 Å². The molecule has 0 amide bonds. The highest BCUT2D eigenvalue weighted by molar-refractivity contribution is 7.99. The molecule has 2 rings (SSSR count). The predicted octanol–water partition coefficient (Wildman–Crippen LogP) is 0.627. The van der Waals surface area contributed by atoms with Crippen LogP contribution in [-0.4, -0.2) is 39.4 Å². The molecule has 1 saturated heterocycles. The molecule has 1 unspecified atom stereocenters. The molecular weight excluding hydrogens is 222 g/mol. The molecule has 16 heavy (non-hydrogen) atoms. The first kappa shape index (κ1) is 11.7. The van der Waals surface area contributed by atoms with E-state index in [1.807, 2.05) is 29.6 Å². The quantitative estimate of drug-likeness (QED) is 0.837. The Labute approximate surface area is 99.8 Å². The SMILES string of the molecule is Cn1ccnc1CC(=O)CC1CSCCN1. The fourth-order valence-electron chi connectivity index (χ4n) is 1.84. The lowest BCUT2D eigenvalue weighted by Gasteiger charge is -2.22. The molecule has 88 valence electrons. The van der Waals surface area contributed by atoms with Gasteiger partial charge in [0.05, 0.1) is 6.42 Å². The number of hydrogen-bond donors (Lipinski definition) is 1. The molecule has 0 radical (unpaired) electrons. The Morgan fingerprint density at radius 1 is 1.75 bits per heavy atom. The number of Topliss-reactive ketones (excluding diaryl/α,β-unsaturated/α-hetero) is 1. The lowest BCUT2D eigenvalue weighted by Crippen LogP contribution is -2.39.